The molecule has 0 spiro atoms. The summed E-state index contributed by atoms with van der Waals surface area (Å²) in [5.74, 6) is 0.879. The minimum atomic E-state index is 0.879. The fourth-order valence-electron chi connectivity index (χ4n) is 3.45. The van der Waals surface area contributed by atoms with E-state index in [1.165, 1.54) is 26.3 Å². The quantitative estimate of drug-likeness (QED) is 0.510. The number of hydrogen-bond donors (Lipinski definition) is 0. The van der Waals surface area contributed by atoms with Gasteiger partial charge in [0.1, 0.15) is 11.4 Å². The Morgan fingerprint density at radius 2 is 1.96 bits per heavy atom. The van der Waals surface area contributed by atoms with E-state index >= 15 is 0 Å². The fourth-order valence-corrected chi connectivity index (χ4v) is 4.53. The molecule has 0 aliphatic carbocycles. The van der Waals surface area contributed by atoms with Crippen LogP contribution in [0.25, 0.3) is 22.2 Å². The van der Waals surface area contributed by atoms with E-state index in [0.717, 1.165) is 37.6 Å². The summed E-state index contributed by atoms with van der Waals surface area (Å²) in [6.07, 6.45) is 0. The number of rotatable bonds is 6. The van der Waals surface area contributed by atoms with Gasteiger partial charge in [-0.1, -0.05) is 31.7 Å². The molecule has 2 aromatic carbocycles. The minimum absolute atomic E-state index is 0.879. The lowest BCUT2D eigenvalue weighted by Gasteiger charge is -2.17. The summed E-state index contributed by atoms with van der Waals surface area (Å²) in [4.78, 5) is 4.97. The van der Waals surface area contributed by atoms with Gasteiger partial charge in [0.05, 0.1) is 19.2 Å². The third-order valence-corrected chi connectivity index (χ3v) is 6.06. The van der Waals surface area contributed by atoms with E-state index in [1.807, 2.05) is 17.8 Å². The number of nitrogens with zero attached hydrogens (tertiary/aromatic N) is 3. The zero-order chi connectivity index (χ0) is 17.4. The lowest BCUT2D eigenvalue weighted by molar-refractivity contribution is 0.287. The first-order valence-corrected chi connectivity index (χ1v) is 9.65. The maximum Gasteiger partial charge on any atom is 0.119 e. The maximum atomic E-state index is 5.43. The summed E-state index contributed by atoms with van der Waals surface area (Å²) >= 11 is 1.82. The summed E-state index contributed by atoms with van der Waals surface area (Å²) in [6, 6.07) is 12.8. The number of aromatic nitrogens is 2. The van der Waals surface area contributed by atoms with Gasteiger partial charge in [0.2, 0.25) is 0 Å². The number of likely N-dealkylation sites (N-methyl/N-ethyl adjacent to an activating group) is 1. The zero-order valence-electron chi connectivity index (χ0n) is 15.0. The Balaban J connectivity index is 1.81. The SMILES string of the molecule is CCN(CC)CCn1nc2c3c(cccc31)Sc1ccc(OC)cc1-2. The number of fused-ring (bicyclic) bond motifs is 2. The van der Waals surface area contributed by atoms with Crippen molar-refractivity contribution in [3.8, 4) is 17.0 Å². The molecule has 0 unspecified atom stereocenters. The van der Waals surface area contributed by atoms with Crippen molar-refractivity contribution in [2.75, 3.05) is 26.7 Å². The van der Waals surface area contributed by atoms with Gasteiger partial charge in [0, 0.05) is 27.3 Å². The van der Waals surface area contributed by atoms with Crippen LogP contribution in [-0.4, -0.2) is 41.4 Å². The first-order valence-electron chi connectivity index (χ1n) is 8.83. The van der Waals surface area contributed by atoms with Crippen molar-refractivity contribution in [3.05, 3.63) is 36.4 Å². The van der Waals surface area contributed by atoms with Crippen LogP contribution >= 0.6 is 11.8 Å². The molecule has 3 aromatic rings. The zero-order valence-corrected chi connectivity index (χ0v) is 15.8. The maximum absolute atomic E-state index is 5.43. The third kappa shape index (κ3) is 2.81. The normalized spacial score (nSPS) is 12.6. The highest BCUT2D eigenvalue weighted by atomic mass is 32.2. The Labute approximate surface area is 152 Å². The monoisotopic (exact) mass is 353 g/mol. The predicted molar refractivity (Wildman–Crippen MR) is 104 cm³/mol. The smallest absolute Gasteiger partial charge is 0.119 e. The average molecular weight is 353 g/mol. The molecule has 0 radical (unpaired) electrons. The van der Waals surface area contributed by atoms with Gasteiger partial charge in [0.25, 0.3) is 0 Å². The van der Waals surface area contributed by atoms with E-state index < -0.39 is 0 Å². The number of benzene rings is 2. The molecule has 0 amide bonds. The fraction of sp³-hybridized carbons (Fsp3) is 0.350. The van der Waals surface area contributed by atoms with E-state index in [9.17, 15) is 0 Å². The predicted octanol–water partition coefficient (Wildman–Crippen LogP) is 4.52. The van der Waals surface area contributed by atoms with E-state index in [4.69, 9.17) is 9.84 Å². The molecule has 4 rings (SSSR count). The van der Waals surface area contributed by atoms with Gasteiger partial charge in [-0.05, 0) is 43.4 Å². The number of methoxy groups -OCH3 is 1. The summed E-state index contributed by atoms with van der Waals surface area (Å²) < 4.78 is 7.60. The second kappa shape index (κ2) is 6.73. The largest absolute Gasteiger partial charge is 0.497 e. The van der Waals surface area contributed by atoms with Crippen molar-refractivity contribution < 1.29 is 4.74 Å². The molecule has 25 heavy (non-hydrogen) atoms. The van der Waals surface area contributed by atoms with Crippen molar-refractivity contribution in [1.29, 1.82) is 0 Å². The van der Waals surface area contributed by atoms with Crippen LogP contribution in [0, 0.1) is 0 Å². The van der Waals surface area contributed by atoms with Gasteiger partial charge in [0.15, 0.2) is 0 Å². The first-order chi connectivity index (χ1) is 12.2. The molecular weight excluding hydrogens is 330 g/mol. The first kappa shape index (κ1) is 16.5. The van der Waals surface area contributed by atoms with Crippen LogP contribution in [0.4, 0.5) is 0 Å². The van der Waals surface area contributed by atoms with Gasteiger partial charge < -0.3 is 9.64 Å². The summed E-state index contributed by atoms with van der Waals surface area (Å²) in [5.41, 5.74) is 3.48. The second-order valence-corrected chi connectivity index (χ2v) is 7.30. The lowest BCUT2D eigenvalue weighted by Crippen LogP contribution is -2.27. The summed E-state index contributed by atoms with van der Waals surface area (Å²) in [6.45, 7) is 8.49. The Kier molecular flexibility index (Phi) is 4.44. The van der Waals surface area contributed by atoms with Crippen molar-refractivity contribution >= 4 is 22.7 Å². The van der Waals surface area contributed by atoms with Gasteiger partial charge >= 0.3 is 0 Å². The van der Waals surface area contributed by atoms with Crippen LogP contribution < -0.4 is 4.74 Å². The van der Waals surface area contributed by atoms with E-state index in [1.54, 1.807) is 7.11 Å². The van der Waals surface area contributed by atoms with Crippen LogP contribution in [-0.2, 0) is 6.54 Å². The molecule has 0 saturated carbocycles. The molecule has 0 bridgehead atoms. The molecule has 0 fully saturated rings. The van der Waals surface area contributed by atoms with Crippen LogP contribution in [0.3, 0.4) is 0 Å². The summed E-state index contributed by atoms with van der Waals surface area (Å²) in [5, 5.41) is 6.27. The van der Waals surface area contributed by atoms with Gasteiger partial charge in [-0.15, -0.1) is 0 Å². The Morgan fingerprint density at radius 3 is 2.72 bits per heavy atom. The molecule has 0 atom stereocenters. The topological polar surface area (TPSA) is 30.3 Å². The molecule has 1 aromatic heterocycles. The molecule has 130 valence electrons. The van der Waals surface area contributed by atoms with Crippen molar-refractivity contribution in [2.24, 2.45) is 0 Å². The highest BCUT2D eigenvalue weighted by Crippen LogP contribution is 2.48. The highest BCUT2D eigenvalue weighted by molar-refractivity contribution is 7.99. The van der Waals surface area contributed by atoms with Crippen LogP contribution in [0.1, 0.15) is 13.8 Å². The molecular formula is C20H23N3OS. The van der Waals surface area contributed by atoms with Crippen molar-refractivity contribution in [1.82, 2.24) is 14.7 Å². The van der Waals surface area contributed by atoms with E-state index in [-0.39, 0.29) is 0 Å². The molecule has 1 aliphatic rings. The minimum Gasteiger partial charge on any atom is -0.497 e. The molecule has 5 heteroatoms. The third-order valence-electron chi connectivity index (χ3n) is 4.92. The van der Waals surface area contributed by atoms with Gasteiger partial charge in [-0.3, -0.25) is 4.68 Å². The van der Waals surface area contributed by atoms with Crippen LogP contribution in [0.15, 0.2) is 46.2 Å². The van der Waals surface area contributed by atoms with Crippen LogP contribution in [0.2, 0.25) is 0 Å². The molecule has 0 saturated heterocycles. The van der Waals surface area contributed by atoms with Gasteiger partial charge in [-0.25, -0.2) is 0 Å². The van der Waals surface area contributed by atoms with Crippen LogP contribution in [0.5, 0.6) is 5.75 Å². The lowest BCUT2D eigenvalue weighted by atomic mass is 10.1. The number of ether oxygens (including phenoxy) is 1. The van der Waals surface area contributed by atoms with Crippen molar-refractivity contribution in [2.45, 2.75) is 30.2 Å². The summed E-state index contributed by atoms with van der Waals surface area (Å²) in [7, 11) is 1.71. The standard InChI is InChI=1S/C20H23N3OS/c1-4-22(5-2)11-12-23-16-7-6-8-18-19(16)20(21-23)15-13-14(24-3)9-10-17(15)25-18/h6-10,13H,4-5,11-12H2,1-3H3. The number of hydrogen-bond acceptors (Lipinski definition) is 4. The highest BCUT2D eigenvalue weighted by Gasteiger charge is 2.24. The molecule has 2 heterocycles. The Bertz CT molecular complexity index is 915. The van der Waals surface area contributed by atoms with E-state index in [0.29, 0.717) is 0 Å². The molecule has 0 N–H and O–H groups in total. The van der Waals surface area contributed by atoms with E-state index in [2.05, 4.69) is 53.8 Å². The Hall–Kier alpha value is -1.98. The van der Waals surface area contributed by atoms with Crippen molar-refractivity contribution in [3.63, 3.8) is 0 Å². The Morgan fingerprint density at radius 1 is 1.12 bits per heavy atom. The second-order valence-electron chi connectivity index (χ2n) is 6.21. The molecule has 1 aliphatic heterocycles. The molecule has 4 nitrogen and oxygen atoms in total. The average Bonchev–Trinajstić information content (AvgIpc) is 3.03. The van der Waals surface area contributed by atoms with Gasteiger partial charge in [-0.2, -0.15) is 5.10 Å².